The Hall–Kier alpha value is -1.60. The van der Waals surface area contributed by atoms with Crippen LogP contribution >= 0.6 is 24.8 Å². The van der Waals surface area contributed by atoms with Gasteiger partial charge in [0.25, 0.3) is 0 Å². The number of nitrogens with two attached hydrogens (primary N) is 1. The number of hydrogen-bond acceptors (Lipinski definition) is 4. The van der Waals surface area contributed by atoms with E-state index in [1.807, 2.05) is 41.4 Å². The van der Waals surface area contributed by atoms with E-state index in [9.17, 15) is 4.79 Å². The van der Waals surface area contributed by atoms with Crippen LogP contribution in [0.15, 0.2) is 42.7 Å². The van der Waals surface area contributed by atoms with Crippen LogP contribution in [0.4, 0.5) is 0 Å². The molecule has 29 heavy (non-hydrogen) atoms. The average Bonchev–Trinajstić information content (AvgIpc) is 3.16. The maximum Gasteiger partial charge on any atom is 0.244 e. The molecule has 0 radical (unpaired) electrons. The third-order valence-corrected chi connectivity index (χ3v) is 5.35. The van der Waals surface area contributed by atoms with Gasteiger partial charge in [0, 0.05) is 37.9 Å². The van der Waals surface area contributed by atoms with Crippen LogP contribution in [0.1, 0.15) is 42.6 Å². The van der Waals surface area contributed by atoms with Crippen molar-refractivity contribution in [3.05, 3.63) is 54.1 Å². The Bertz CT molecular complexity index is 730. The van der Waals surface area contributed by atoms with Crippen molar-refractivity contribution in [1.29, 1.82) is 0 Å². The summed E-state index contributed by atoms with van der Waals surface area (Å²) in [6, 6.07) is 9.04. The Morgan fingerprint density at radius 1 is 1.21 bits per heavy atom. The molecule has 3 rings (SSSR count). The van der Waals surface area contributed by atoms with Crippen molar-refractivity contribution in [2.75, 3.05) is 33.7 Å². The highest BCUT2D eigenvalue weighted by atomic mass is 35.5. The number of halogens is 2. The first kappa shape index (κ1) is 25.4. The molecule has 1 saturated heterocycles. The number of aromatic nitrogens is 2. The van der Waals surface area contributed by atoms with E-state index >= 15 is 0 Å². The summed E-state index contributed by atoms with van der Waals surface area (Å²) >= 11 is 0. The highest BCUT2D eigenvalue weighted by Crippen LogP contribution is 2.28. The quantitative estimate of drug-likeness (QED) is 0.716. The van der Waals surface area contributed by atoms with Crippen LogP contribution in [-0.4, -0.2) is 59.0 Å². The highest BCUT2D eigenvalue weighted by Gasteiger charge is 2.29. The molecule has 0 unspecified atom stereocenters. The third-order valence-electron chi connectivity index (χ3n) is 5.35. The van der Waals surface area contributed by atoms with Gasteiger partial charge in [0.15, 0.2) is 0 Å². The number of aryl methyl sites for hydroxylation is 1. The second-order valence-electron chi connectivity index (χ2n) is 7.62. The number of carbonyl (C=O) groups is 1. The van der Waals surface area contributed by atoms with Crippen molar-refractivity contribution >= 4 is 30.7 Å². The topological polar surface area (TPSA) is 67.4 Å². The minimum Gasteiger partial charge on any atom is -0.341 e. The van der Waals surface area contributed by atoms with E-state index in [4.69, 9.17) is 5.73 Å². The normalized spacial score (nSPS) is 15.5. The maximum atomic E-state index is 12.7. The highest BCUT2D eigenvalue weighted by molar-refractivity contribution is 5.85. The Morgan fingerprint density at radius 3 is 2.48 bits per heavy atom. The van der Waals surface area contributed by atoms with Gasteiger partial charge in [0.2, 0.25) is 5.91 Å². The van der Waals surface area contributed by atoms with Crippen LogP contribution in [0.5, 0.6) is 0 Å². The number of nitrogens with zero attached hydrogens (tertiary/aromatic N) is 4. The zero-order valence-electron chi connectivity index (χ0n) is 17.2. The molecule has 2 heterocycles. The number of rotatable bonds is 7. The summed E-state index contributed by atoms with van der Waals surface area (Å²) in [4.78, 5) is 21.5. The molecule has 1 aromatic carbocycles. The van der Waals surface area contributed by atoms with Gasteiger partial charge < -0.3 is 20.1 Å². The van der Waals surface area contributed by atoms with Gasteiger partial charge in [0.05, 0.1) is 0 Å². The van der Waals surface area contributed by atoms with Gasteiger partial charge in [-0.15, -0.1) is 24.8 Å². The summed E-state index contributed by atoms with van der Waals surface area (Å²) in [5, 5.41) is 0. The minimum atomic E-state index is -0.573. The second-order valence-corrected chi connectivity index (χ2v) is 7.62. The first-order valence-electron chi connectivity index (χ1n) is 9.81. The van der Waals surface area contributed by atoms with E-state index in [1.165, 1.54) is 0 Å². The van der Waals surface area contributed by atoms with E-state index in [2.05, 4.69) is 34.7 Å². The van der Waals surface area contributed by atoms with Crippen LogP contribution in [0.25, 0.3) is 0 Å². The first-order chi connectivity index (χ1) is 13.1. The van der Waals surface area contributed by atoms with E-state index in [1.54, 1.807) is 0 Å². The molecular formula is C21H33Cl2N5O. The Kier molecular flexibility index (Phi) is 10.7. The van der Waals surface area contributed by atoms with E-state index in [0.717, 1.165) is 56.8 Å². The lowest BCUT2D eigenvalue weighted by atomic mass is 9.95. The maximum absolute atomic E-state index is 12.7. The van der Waals surface area contributed by atoms with Gasteiger partial charge in [-0.1, -0.05) is 30.3 Å². The number of amides is 1. The molecule has 1 aliphatic rings. The smallest absolute Gasteiger partial charge is 0.244 e. The molecule has 1 aromatic heterocycles. The first-order valence-corrected chi connectivity index (χ1v) is 9.81. The molecule has 0 spiro atoms. The van der Waals surface area contributed by atoms with Gasteiger partial charge in [0.1, 0.15) is 11.9 Å². The van der Waals surface area contributed by atoms with Crippen LogP contribution in [0, 0.1) is 0 Å². The van der Waals surface area contributed by atoms with Crippen molar-refractivity contribution in [2.24, 2.45) is 5.73 Å². The molecule has 6 nitrogen and oxygen atoms in total. The van der Waals surface area contributed by atoms with Crippen molar-refractivity contribution in [3.63, 3.8) is 0 Å². The van der Waals surface area contributed by atoms with E-state index in [-0.39, 0.29) is 30.7 Å². The van der Waals surface area contributed by atoms with Crippen LogP contribution in [0.3, 0.4) is 0 Å². The van der Waals surface area contributed by atoms with E-state index < -0.39 is 6.04 Å². The molecule has 162 valence electrons. The van der Waals surface area contributed by atoms with E-state index in [0.29, 0.717) is 5.92 Å². The number of benzene rings is 1. The lowest BCUT2D eigenvalue weighted by molar-refractivity contribution is -0.133. The Balaban J connectivity index is 0.00000210. The largest absolute Gasteiger partial charge is 0.341 e. The summed E-state index contributed by atoms with van der Waals surface area (Å²) < 4.78 is 2.28. The Morgan fingerprint density at radius 2 is 1.86 bits per heavy atom. The zero-order chi connectivity index (χ0) is 19.2. The van der Waals surface area contributed by atoms with Crippen molar-refractivity contribution in [2.45, 2.75) is 37.8 Å². The predicted octanol–water partition coefficient (Wildman–Crippen LogP) is 3.08. The number of piperidine rings is 1. The standard InChI is InChI=1S/C21H31N5O.2ClH/c1-24(2)12-6-13-25-16-11-23-20(25)18-9-14-26(15-10-18)21(27)19(22)17-7-4-3-5-8-17;;/h3-5,7-8,11,16,18-19H,6,9-10,12-15,22H2,1-2H3;2*1H/t19-;;/m0../s1. The van der Waals surface area contributed by atoms with Crippen LogP contribution < -0.4 is 5.73 Å². The summed E-state index contributed by atoms with van der Waals surface area (Å²) in [5.74, 6) is 1.60. The molecule has 1 fully saturated rings. The summed E-state index contributed by atoms with van der Waals surface area (Å²) in [6.45, 7) is 3.55. The lowest BCUT2D eigenvalue weighted by Crippen LogP contribution is -2.43. The van der Waals surface area contributed by atoms with Crippen molar-refractivity contribution in [3.8, 4) is 0 Å². The number of likely N-dealkylation sites (tertiary alicyclic amines) is 1. The SMILES string of the molecule is CN(C)CCCn1ccnc1C1CCN(C(=O)[C@@H](N)c2ccccc2)CC1.Cl.Cl. The third kappa shape index (κ3) is 6.71. The molecule has 0 saturated carbocycles. The summed E-state index contributed by atoms with van der Waals surface area (Å²) in [6.07, 6.45) is 6.97. The van der Waals surface area contributed by atoms with Gasteiger partial charge >= 0.3 is 0 Å². The number of hydrogen-bond donors (Lipinski definition) is 1. The molecular weight excluding hydrogens is 409 g/mol. The fourth-order valence-electron chi connectivity index (χ4n) is 3.78. The summed E-state index contributed by atoms with van der Waals surface area (Å²) in [5.41, 5.74) is 7.07. The molecule has 1 atom stereocenters. The predicted molar refractivity (Wildman–Crippen MR) is 122 cm³/mol. The molecule has 0 aliphatic carbocycles. The number of imidazole rings is 1. The molecule has 1 amide bonds. The van der Waals surface area contributed by atoms with Crippen LogP contribution in [-0.2, 0) is 11.3 Å². The van der Waals surface area contributed by atoms with Crippen molar-refractivity contribution < 1.29 is 4.79 Å². The van der Waals surface area contributed by atoms with Crippen molar-refractivity contribution in [1.82, 2.24) is 19.4 Å². The molecule has 2 aromatic rings. The molecule has 2 N–H and O–H groups in total. The van der Waals surface area contributed by atoms with Crippen LogP contribution in [0.2, 0.25) is 0 Å². The summed E-state index contributed by atoms with van der Waals surface area (Å²) in [7, 11) is 4.20. The number of carbonyl (C=O) groups excluding carboxylic acids is 1. The minimum absolute atomic E-state index is 0. The monoisotopic (exact) mass is 441 g/mol. The van der Waals surface area contributed by atoms with Gasteiger partial charge in [-0.05, 0) is 45.5 Å². The molecule has 8 heteroatoms. The fraction of sp³-hybridized carbons (Fsp3) is 0.524. The fourth-order valence-corrected chi connectivity index (χ4v) is 3.78. The molecule has 0 bridgehead atoms. The Labute approximate surface area is 186 Å². The van der Waals surface area contributed by atoms with Gasteiger partial charge in [-0.2, -0.15) is 0 Å². The van der Waals surface area contributed by atoms with Gasteiger partial charge in [-0.3, -0.25) is 4.79 Å². The molecule has 1 aliphatic heterocycles. The van der Waals surface area contributed by atoms with Gasteiger partial charge in [-0.25, -0.2) is 4.98 Å². The average molecular weight is 442 g/mol. The zero-order valence-corrected chi connectivity index (χ0v) is 18.9. The second kappa shape index (κ2) is 12.2. The lowest BCUT2D eigenvalue weighted by Gasteiger charge is -2.33.